The van der Waals surface area contributed by atoms with E-state index in [1.807, 2.05) is 62.1 Å². The maximum Gasteiger partial charge on any atom is 0.269 e. The fourth-order valence-corrected chi connectivity index (χ4v) is 6.46. The van der Waals surface area contributed by atoms with E-state index in [-0.39, 0.29) is 17.6 Å². The number of thioether (sulfide) groups is 1. The molecule has 0 N–H and O–H groups in total. The third-order valence-corrected chi connectivity index (χ3v) is 7.73. The Labute approximate surface area is 192 Å². The van der Waals surface area contributed by atoms with Crippen molar-refractivity contribution in [3.8, 4) is 11.5 Å². The fraction of sp³-hybridized carbons (Fsp3) is 0.360. The summed E-state index contributed by atoms with van der Waals surface area (Å²) in [6.45, 7) is 8.60. The second-order valence-electron chi connectivity index (χ2n) is 8.78. The smallest absolute Gasteiger partial charge is 0.269 e. The highest BCUT2D eigenvalue weighted by molar-refractivity contribution is 8.02. The fourth-order valence-electron chi connectivity index (χ4n) is 5.13. The van der Waals surface area contributed by atoms with Gasteiger partial charge < -0.3 is 9.47 Å². The van der Waals surface area contributed by atoms with E-state index in [0.717, 1.165) is 22.4 Å². The van der Waals surface area contributed by atoms with E-state index in [1.54, 1.807) is 12.0 Å². The van der Waals surface area contributed by atoms with Crippen LogP contribution in [0.1, 0.15) is 38.8 Å². The number of rotatable bonds is 4. The number of hydrogen-bond acceptors (Lipinski definition) is 5. The molecule has 0 aromatic heterocycles. The molecule has 0 saturated carbocycles. The molecule has 166 valence electrons. The van der Waals surface area contributed by atoms with Crippen LogP contribution in [-0.4, -0.2) is 36.8 Å². The van der Waals surface area contributed by atoms with Gasteiger partial charge in [0.2, 0.25) is 10.8 Å². The van der Waals surface area contributed by atoms with Gasteiger partial charge in [0.05, 0.1) is 30.7 Å². The minimum absolute atomic E-state index is 0.0913. The molecule has 2 aromatic carbocycles. The monoisotopic (exact) mass is 450 g/mol. The van der Waals surface area contributed by atoms with Gasteiger partial charge in [0.1, 0.15) is 11.5 Å². The van der Waals surface area contributed by atoms with E-state index in [0.29, 0.717) is 23.8 Å². The van der Waals surface area contributed by atoms with Gasteiger partial charge in [-0.3, -0.25) is 19.4 Å². The molecule has 1 saturated heterocycles. The number of amides is 2. The largest absolute Gasteiger partial charge is 0.497 e. The third kappa shape index (κ3) is 2.67. The quantitative estimate of drug-likeness (QED) is 0.683. The van der Waals surface area contributed by atoms with Gasteiger partial charge in [0.15, 0.2) is 0 Å². The van der Waals surface area contributed by atoms with Crippen LogP contribution in [0, 0.1) is 0 Å². The predicted molar refractivity (Wildman–Crippen MR) is 127 cm³/mol. The Hall–Kier alpha value is -2.93. The number of allylic oxidation sites excluding steroid dienone is 1. The molecule has 1 spiro atoms. The number of hydrogen-bond donors (Lipinski definition) is 0. The molecule has 32 heavy (non-hydrogen) atoms. The topological polar surface area (TPSA) is 59.1 Å². The number of ether oxygens (including phenoxy) is 2. The summed E-state index contributed by atoms with van der Waals surface area (Å²) in [4.78, 5) is 29.9. The summed E-state index contributed by atoms with van der Waals surface area (Å²) in [5.74, 6) is 1.44. The number of benzene rings is 2. The Bertz CT molecular complexity index is 1170. The maximum absolute atomic E-state index is 14.3. The molecule has 1 unspecified atom stereocenters. The van der Waals surface area contributed by atoms with Crippen molar-refractivity contribution in [1.82, 2.24) is 0 Å². The minimum Gasteiger partial charge on any atom is -0.497 e. The first-order valence-corrected chi connectivity index (χ1v) is 11.7. The maximum atomic E-state index is 14.3. The molecule has 0 radical (unpaired) electrons. The van der Waals surface area contributed by atoms with Gasteiger partial charge in [0.25, 0.3) is 5.91 Å². The Morgan fingerprint density at radius 1 is 1.06 bits per heavy atom. The number of fused-ring (bicyclic) bond motifs is 1. The zero-order valence-electron chi connectivity index (χ0n) is 18.9. The summed E-state index contributed by atoms with van der Waals surface area (Å²) >= 11 is 1.38. The highest BCUT2D eigenvalue weighted by atomic mass is 32.2. The van der Waals surface area contributed by atoms with Crippen molar-refractivity contribution in [2.75, 3.05) is 29.3 Å². The van der Waals surface area contributed by atoms with Crippen molar-refractivity contribution in [2.45, 2.75) is 38.1 Å². The molecule has 2 amide bonds. The van der Waals surface area contributed by atoms with Crippen molar-refractivity contribution < 1.29 is 19.1 Å². The highest BCUT2D eigenvalue weighted by Gasteiger charge is 2.64. The highest BCUT2D eigenvalue weighted by Crippen LogP contribution is 2.60. The summed E-state index contributed by atoms with van der Waals surface area (Å²) in [5.41, 5.74) is 3.92. The first-order chi connectivity index (χ1) is 15.2. The zero-order valence-corrected chi connectivity index (χ0v) is 19.7. The Morgan fingerprint density at radius 2 is 1.78 bits per heavy atom. The SMILES string of the molecule is CCOc1cc2c3c(c1)C1(SCC(=O)N1c1ccc(OC)cc1)C(=O)N3C(C)(C)C=C2C. The number of carbonyl (C=O) groups is 2. The van der Waals surface area contributed by atoms with Crippen molar-refractivity contribution in [1.29, 1.82) is 0 Å². The Morgan fingerprint density at radius 3 is 2.44 bits per heavy atom. The first-order valence-electron chi connectivity index (χ1n) is 10.7. The second-order valence-corrected chi connectivity index (χ2v) is 9.95. The third-order valence-electron chi connectivity index (χ3n) is 6.35. The molecular weight excluding hydrogens is 424 g/mol. The zero-order chi connectivity index (χ0) is 22.8. The molecule has 3 heterocycles. The molecule has 2 aromatic rings. The van der Waals surface area contributed by atoms with Crippen LogP contribution >= 0.6 is 11.8 Å². The van der Waals surface area contributed by atoms with Crippen molar-refractivity contribution in [3.63, 3.8) is 0 Å². The number of methoxy groups -OCH3 is 1. The van der Waals surface area contributed by atoms with Crippen molar-refractivity contribution >= 4 is 40.5 Å². The number of carbonyl (C=O) groups excluding carboxylic acids is 2. The van der Waals surface area contributed by atoms with Gasteiger partial charge in [-0.05, 0) is 69.7 Å². The van der Waals surface area contributed by atoms with E-state index in [4.69, 9.17) is 9.47 Å². The van der Waals surface area contributed by atoms with E-state index >= 15 is 0 Å². The standard InChI is InChI=1S/C25H26N2O4S/c1-6-31-18-11-19-15(2)13-24(3,4)27-22(19)20(12-18)25(23(27)29)26(21(28)14-32-25)16-7-9-17(30-5)10-8-16/h7-13H,6,14H2,1-5H3. The number of anilines is 2. The van der Waals surface area contributed by atoms with Crippen LogP contribution in [-0.2, 0) is 14.5 Å². The summed E-state index contributed by atoms with van der Waals surface area (Å²) in [5, 5.41) is 0. The molecule has 6 nitrogen and oxygen atoms in total. The van der Waals surface area contributed by atoms with Crippen LogP contribution in [0.4, 0.5) is 11.4 Å². The Kier molecular flexibility index (Phi) is 4.60. The lowest BCUT2D eigenvalue weighted by Crippen LogP contribution is -2.54. The van der Waals surface area contributed by atoms with E-state index in [1.165, 1.54) is 11.8 Å². The summed E-state index contributed by atoms with van der Waals surface area (Å²) < 4.78 is 11.2. The van der Waals surface area contributed by atoms with Gasteiger partial charge in [-0.25, -0.2) is 0 Å². The first kappa shape index (κ1) is 20.9. The van der Waals surface area contributed by atoms with Crippen molar-refractivity contribution in [3.05, 3.63) is 53.6 Å². The van der Waals surface area contributed by atoms with Crippen LogP contribution in [0.2, 0.25) is 0 Å². The van der Waals surface area contributed by atoms with Crippen LogP contribution in [0.5, 0.6) is 11.5 Å². The summed E-state index contributed by atoms with van der Waals surface area (Å²) in [6, 6.07) is 11.2. The molecular formula is C25H26N2O4S. The van der Waals surface area contributed by atoms with Gasteiger partial charge in [-0.15, -0.1) is 11.8 Å². The molecule has 1 fully saturated rings. The van der Waals surface area contributed by atoms with Gasteiger partial charge in [-0.1, -0.05) is 6.08 Å². The molecule has 0 bridgehead atoms. The second kappa shape index (κ2) is 7.04. The lowest BCUT2D eigenvalue weighted by Gasteiger charge is -2.40. The van der Waals surface area contributed by atoms with Crippen LogP contribution < -0.4 is 19.3 Å². The van der Waals surface area contributed by atoms with E-state index < -0.39 is 10.4 Å². The molecule has 3 aliphatic rings. The molecule has 3 aliphatic heterocycles. The molecule has 0 aliphatic carbocycles. The van der Waals surface area contributed by atoms with E-state index in [2.05, 4.69) is 13.0 Å². The van der Waals surface area contributed by atoms with Gasteiger partial charge in [0, 0.05) is 16.8 Å². The lowest BCUT2D eigenvalue weighted by molar-refractivity contribution is -0.124. The average Bonchev–Trinajstić information content (AvgIpc) is 3.23. The van der Waals surface area contributed by atoms with Crippen LogP contribution in [0.3, 0.4) is 0 Å². The van der Waals surface area contributed by atoms with Crippen LogP contribution in [0.25, 0.3) is 5.57 Å². The lowest BCUT2D eigenvalue weighted by atomic mass is 9.89. The predicted octanol–water partition coefficient (Wildman–Crippen LogP) is 4.57. The summed E-state index contributed by atoms with van der Waals surface area (Å²) in [7, 11) is 1.60. The van der Waals surface area contributed by atoms with Crippen molar-refractivity contribution in [2.24, 2.45) is 0 Å². The number of nitrogens with zero attached hydrogens (tertiary/aromatic N) is 2. The molecule has 5 rings (SSSR count). The molecule has 7 heteroatoms. The van der Waals surface area contributed by atoms with Gasteiger partial charge in [-0.2, -0.15) is 0 Å². The normalized spacial score (nSPS) is 23.0. The molecule has 1 atom stereocenters. The average molecular weight is 451 g/mol. The minimum atomic E-state index is -1.17. The van der Waals surface area contributed by atoms with E-state index in [9.17, 15) is 9.59 Å². The van der Waals surface area contributed by atoms with Gasteiger partial charge >= 0.3 is 0 Å². The Balaban J connectivity index is 1.78. The summed E-state index contributed by atoms with van der Waals surface area (Å²) in [6.07, 6.45) is 2.12. The van der Waals surface area contributed by atoms with Crippen LogP contribution in [0.15, 0.2) is 42.5 Å².